The fourth-order valence-electron chi connectivity index (χ4n) is 3.18. The lowest BCUT2D eigenvalue weighted by molar-refractivity contribution is -0.000679. The number of rotatable bonds is 2. The van der Waals surface area contributed by atoms with Gasteiger partial charge in [-0.3, -0.25) is 4.90 Å². The first-order valence-electron chi connectivity index (χ1n) is 6.56. The Kier molecular flexibility index (Phi) is 5.06. The zero-order valence-electron chi connectivity index (χ0n) is 10.3. The zero-order chi connectivity index (χ0) is 10.8. The van der Waals surface area contributed by atoms with Crippen LogP contribution >= 0.6 is 12.4 Å². The van der Waals surface area contributed by atoms with E-state index in [1.54, 1.807) is 0 Å². The largest absolute Gasteiger partial charge is 0.379 e. The number of hydrogen-bond donors (Lipinski definition) is 1. The van der Waals surface area contributed by atoms with E-state index in [0.717, 1.165) is 57.8 Å². The second kappa shape index (κ2) is 6.34. The number of morpholine rings is 1. The summed E-state index contributed by atoms with van der Waals surface area (Å²) < 4.78 is 11.4. The highest BCUT2D eigenvalue weighted by atomic mass is 35.5. The van der Waals surface area contributed by atoms with Crippen molar-refractivity contribution in [3.8, 4) is 0 Å². The minimum Gasteiger partial charge on any atom is -0.379 e. The topological polar surface area (TPSA) is 33.7 Å². The van der Waals surface area contributed by atoms with E-state index in [2.05, 4.69) is 10.2 Å². The predicted molar refractivity (Wildman–Crippen MR) is 68.7 cm³/mol. The summed E-state index contributed by atoms with van der Waals surface area (Å²) in [6, 6.07) is 0. The smallest absolute Gasteiger partial charge is 0.0745 e. The van der Waals surface area contributed by atoms with E-state index in [-0.39, 0.29) is 12.4 Å². The minimum absolute atomic E-state index is 0. The second-order valence-corrected chi connectivity index (χ2v) is 5.20. The van der Waals surface area contributed by atoms with Crippen LogP contribution in [-0.2, 0) is 9.47 Å². The van der Waals surface area contributed by atoms with Crippen LogP contribution in [0.5, 0.6) is 0 Å². The fraction of sp³-hybridized carbons (Fsp3) is 1.00. The Labute approximate surface area is 109 Å². The molecule has 3 heterocycles. The minimum atomic E-state index is 0. The maximum atomic E-state index is 5.98. The lowest BCUT2D eigenvalue weighted by Gasteiger charge is -2.33. The molecule has 3 rings (SSSR count). The molecule has 0 aromatic rings. The SMILES string of the molecule is C1C[C@H]2CO[C@H](CN3CCOCC3)[C@H]2CN1.Cl. The zero-order valence-corrected chi connectivity index (χ0v) is 11.1. The van der Waals surface area contributed by atoms with Crippen LogP contribution in [-0.4, -0.2) is 63.5 Å². The highest BCUT2D eigenvalue weighted by molar-refractivity contribution is 5.85. The molecule has 3 aliphatic rings. The maximum Gasteiger partial charge on any atom is 0.0745 e. The molecular weight excluding hydrogens is 240 g/mol. The molecule has 0 saturated carbocycles. The molecular formula is C12H23ClN2O2. The predicted octanol–water partition coefficient (Wildman–Crippen LogP) is 0.365. The van der Waals surface area contributed by atoms with Gasteiger partial charge in [-0.05, 0) is 18.9 Å². The first-order valence-corrected chi connectivity index (χ1v) is 6.56. The van der Waals surface area contributed by atoms with Crippen LogP contribution in [0.1, 0.15) is 6.42 Å². The van der Waals surface area contributed by atoms with E-state index >= 15 is 0 Å². The quantitative estimate of drug-likeness (QED) is 0.780. The van der Waals surface area contributed by atoms with Gasteiger partial charge in [0.1, 0.15) is 0 Å². The molecule has 0 aromatic carbocycles. The van der Waals surface area contributed by atoms with Crippen molar-refractivity contribution in [1.82, 2.24) is 10.2 Å². The summed E-state index contributed by atoms with van der Waals surface area (Å²) >= 11 is 0. The summed E-state index contributed by atoms with van der Waals surface area (Å²) in [6.07, 6.45) is 1.75. The summed E-state index contributed by atoms with van der Waals surface area (Å²) in [7, 11) is 0. The third-order valence-corrected chi connectivity index (χ3v) is 4.22. The van der Waals surface area contributed by atoms with Gasteiger partial charge in [-0.25, -0.2) is 0 Å². The van der Waals surface area contributed by atoms with Gasteiger partial charge in [0.15, 0.2) is 0 Å². The number of hydrogen-bond acceptors (Lipinski definition) is 4. The van der Waals surface area contributed by atoms with Gasteiger partial charge >= 0.3 is 0 Å². The van der Waals surface area contributed by atoms with Crippen LogP contribution in [0.25, 0.3) is 0 Å². The number of halogens is 1. The highest BCUT2D eigenvalue weighted by Crippen LogP contribution is 2.31. The second-order valence-electron chi connectivity index (χ2n) is 5.20. The Hall–Kier alpha value is 0.130. The van der Waals surface area contributed by atoms with E-state index in [0.29, 0.717) is 6.10 Å². The number of fused-ring (bicyclic) bond motifs is 1. The van der Waals surface area contributed by atoms with Crippen molar-refractivity contribution < 1.29 is 9.47 Å². The monoisotopic (exact) mass is 262 g/mol. The third kappa shape index (κ3) is 3.12. The maximum absolute atomic E-state index is 5.98. The number of piperidine rings is 1. The summed E-state index contributed by atoms with van der Waals surface area (Å²) in [5, 5.41) is 3.50. The molecule has 0 bridgehead atoms. The van der Waals surface area contributed by atoms with Gasteiger partial charge in [0.25, 0.3) is 0 Å². The molecule has 3 aliphatic heterocycles. The van der Waals surface area contributed by atoms with Crippen LogP contribution in [0.2, 0.25) is 0 Å². The van der Waals surface area contributed by atoms with Crippen molar-refractivity contribution in [3.63, 3.8) is 0 Å². The number of nitrogens with one attached hydrogen (secondary N) is 1. The molecule has 17 heavy (non-hydrogen) atoms. The Morgan fingerprint density at radius 3 is 2.88 bits per heavy atom. The van der Waals surface area contributed by atoms with Crippen LogP contribution in [0.3, 0.4) is 0 Å². The lowest BCUT2D eigenvalue weighted by Crippen LogP contribution is -2.46. The molecule has 1 N–H and O–H groups in total. The van der Waals surface area contributed by atoms with Crippen LogP contribution in [0.15, 0.2) is 0 Å². The molecule has 3 saturated heterocycles. The Bertz CT molecular complexity index is 237. The van der Waals surface area contributed by atoms with E-state index in [1.165, 1.54) is 13.0 Å². The molecule has 3 atom stereocenters. The first-order chi connectivity index (χ1) is 7.93. The Balaban J connectivity index is 0.00000108. The van der Waals surface area contributed by atoms with Gasteiger partial charge in [-0.2, -0.15) is 0 Å². The molecule has 0 spiro atoms. The third-order valence-electron chi connectivity index (χ3n) is 4.22. The number of nitrogens with zero attached hydrogens (tertiary/aromatic N) is 1. The van der Waals surface area contributed by atoms with Gasteiger partial charge in [0.05, 0.1) is 25.9 Å². The van der Waals surface area contributed by atoms with Crippen molar-refractivity contribution in [1.29, 1.82) is 0 Å². The molecule has 0 unspecified atom stereocenters. The number of ether oxygens (including phenoxy) is 2. The van der Waals surface area contributed by atoms with Gasteiger partial charge in [-0.1, -0.05) is 0 Å². The van der Waals surface area contributed by atoms with E-state index in [1.807, 2.05) is 0 Å². The fourth-order valence-corrected chi connectivity index (χ4v) is 3.18. The standard InChI is InChI=1S/C12H22N2O2.ClH/c1-2-13-7-11-10(1)9-16-12(11)8-14-3-5-15-6-4-14;/h10-13H,1-9H2;1H/t10-,11-,12+;/m0./s1. The average Bonchev–Trinajstić information content (AvgIpc) is 2.74. The van der Waals surface area contributed by atoms with Crippen molar-refractivity contribution >= 4 is 12.4 Å². The van der Waals surface area contributed by atoms with Gasteiger partial charge in [0, 0.05) is 32.1 Å². The van der Waals surface area contributed by atoms with Gasteiger partial charge in [-0.15, -0.1) is 12.4 Å². The van der Waals surface area contributed by atoms with Crippen molar-refractivity contribution in [2.24, 2.45) is 11.8 Å². The Morgan fingerprint density at radius 2 is 2.06 bits per heavy atom. The molecule has 0 aromatic heterocycles. The molecule has 3 fully saturated rings. The van der Waals surface area contributed by atoms with Gasteiger partial charge < -0.3 is 14.8 Å². The summed E-state index contributed by atoms with van der Waals surface area (Å²) in [5.74, 6) is 1.56. The lowest BCUT2D eigenvalue weighted by atomic mass is 9.85. The van der Waals surface area contributed by atoms with Crippen LogP contribution in [0.4, 0.5) is 0 Å². The first kappa shape index (κ1) is 13.6. The molecule has 0 radical (unpaired) electrons. The van der Waals surface area contributed by atoms with Crippen molar-refractivity contribution in [2.45, 2.75) is 12.5 Å². The Morgan fingerprint density at radius 1 is 1.24 bits per heavy atom. The molecule has 100 valence electrons. The van der Waals surface area contributed by atoms with Crippen LogP contribution < -0.4 is 5.32 Å². The highest BCUT2D eigenvalue weighted by Gasteiger charge is 2.39. The van der Waals surface area contributed by atoms with E-state index < -0.39 is 0 Å². The molecule has 0 aliphatic carbocycles. The van der Waals surface area contributed by atoms with E-state index in [9.17, 15) is 0 Å². The summed E-state index contributed by atoms with van der Waals surface area (Å²) in [5.41, 5.74) is 0. The van der Waals surface area contributed by atoms with Crippen molar-refractivity contribution in [3.05, 3.63) is 0 Å². The van der Waals surface area contributed by atoms with Crippen LogP contribution in [0, 0.1) is 11.8 Å². The molecule has 0 amide bonds. The summed E-state index contributed by atoms with van der Waals surface area (Å²) in [4.78, 5) is 2.49. The van der Waals surface area contributed by atoms with E-state index in [4.69, 9.17) is 9.47 Å². The van der Waals surface area contributed by atoms with Gasteiger partial charge in [0.2, 0.25) is 0 Å². The average molecular weight is 263 g/mol. The molecule has 4 nitrogen and oxygen atoms in total. The summed E-state index contributed by atoms with van der Waals surface area (Å²) in [6.45, 7) is 8.34. The normalized spacial score (nSPS) is 38.5. The van der Waals surface area contributed by atoms with Crippen molar-refractivity contribution in [2.75, 3.05) is 52.5 Å². The molecule has 5 heteroatoms.